The standard InChI is InChI=1S/C21H27N5O2/c1-2-22-21(25-14-18-7-3-4-11-23-18)24-13-16-6-5-8-19(12-16)28-15-20(27)26-17-9-10-17/h3-8,11-12,17H,2,9-10,13-15H2,1H3,(H,26,27)(H2,22,24,25). The van der Waals surface area contributed by atoms with Gasteiger partial charge < -0.3 is 20.7 Å². The zero-order valence-corrected chi connectivity index (χ0v) is 16.1. The zero-order valence-electron chi connectivity index (χ0n) is 16.1. The van der Waals surface area contributed by atoms with Crippen molar-refractivity contribution in [2.24, 2.45) is 4.99 Å². The summed E-state index contributed by atoms with van der Waals surface area (Å²) < 4.78 is 5.60. The Labute approximate surface area is 165 Å². The molecule has 1 fully saturated rings. The van der Waals surface area contributed by atoms with Crippen LogP contribution in [0.3, 0.4) is 0 Å². The van der Waals surface area contributed by atoms with Crippen LogP contribution in [0.15, 0.2) is 53.7 Å². The molecular weight excluding hydrogens is 354 g/mol. The number of rotatable bonds is 9. The van der Waals surface area contributed by atoms with Crippen molar-refractivity contribution in [3.63, 3.8) is 0 Å². The highest BCUT2D eigenvalue weighted by atomic mass is 16.5. The fourth-order valence-corrected chi connectivity index (χ4v) is 2.57. The Hall–Kier alpha value is -3.09. The Bertz CT molecular complexity index is 790. The largest absolute Gasteiger partial charge is 0.484 e. The van der Waals surface area contributed by atoms with Crippen LogP contribution in [0.1, 0.15) is 31.0 Å². The quantitative estimate of drug-likeness (QED) is 0.457. The van der Waals surface area contributed by atoms with Crippen LogP contribution < -0.4 is 20.7 Å². The molecule has 0 bridgehead atoms. The number of ether oxygens (including phenoxy) is 1. The number of hydrogen-bond donors (Lipinski definition) is 3. The molecule has 1 aromatic heterocycles. The minimum Gasteiger partial charge on any atom is -0.484 e. The van der Waals surface area contributed by atoms with Gasteiger partial charge in [0.2, 0.25) is 0 Å². The van der Waals surface area contributed by atoms with Gasteiger partial charge in [0.25, 0.3) is 5.91 Å². The zero-order chi connectivity index (χ0) is 19.6. The predicted molar refractivity (Wildman–Crippen MR) is 109 cm³/mol. The molecule has 0 unspecified atom stereocenters. The van der Waals surface area contributed by atoms with E-state index in [0.29, 0.717) is 24.9 Å². The summed E-state index contributed by atoms with van der Waals surface area (Å²) in [7, 11) is 0. The third kappa shape index (κ3) is 6.90. The SMILES string of the molecule is CCNC(=NCc1cccc(OCC(=O)NC2CC2)c1)NCc1ccccn1. The second-order valence-corrected chi connectivity index (χ2v) is 6.65. The van der Waals surface area contributed by atoms with Gasteiger partial charge in [0, 0.05) is 18.8 Å². The Morgan fingerprint density at radius 2 is 2.11 bits per heavy atom. The van der Waals surface area contributed by atoms with Crippen LogP contribution in [0.4, 0.5) is 0 Å². The molecule has 7 heteroatoms. The van der Waals surface area contributed by atoms with Crippen molar-refractivity contribution in [3.8, 4) is 5.75 Å². The molecule has 1 amide bonds. The number of benzene rings is 1. The fourth-order valence-electron chi connectivity index (χ4n) is 2.57. The van der Waals surface area contributed by atoms with Crippen LogP contribution in [0.5, 0.6) is 5.75 Å². The lowest BCUT2D eigenvalue weighted by molar-refractivity contribution is -0.123. The molecule has 0 spiro atoms. The first-order valence-electron chi connectivity index (χ1n) is 9.66. The minimum atomic E-state index is -0.0703. The number of aromatic nitrogens is 1. The van der Waals surface area contributed by atoms with E-state index in [1.54, 1.807) is 6.20 Å². The van der Waals surface area contributed by atoms with Gasteiger partial charge in [0.1, 0.15) is 5.75 Å². The molecule has 1 aliphatic carbocycles. The number of guanidine groups is 1. The van der Waals surface area contributed by atoms with Crippen molar-refractivity contribution in [3.05, 3.63) is 59.9 Å². The van der Waals surface area contributed by atoms with Crippen molar-refractivity contribution >= 4 is 11.9 Å². The summed E-state index contributed by atoms with van der Waals surface area (Å²) in [5, 5.41) is 9.42. The van der Waals surface area contributed by atoms with Gasteiger partial charge in [-0.05, 0) is 49.6 Å². The lowest BCUT2D eigenvalue weighted by atomic mass is 10.2. The van der Waals surface area contributed by atoms with Gasteiger partial charge in [0.15, 0.2) is 12.6 Å². The van der Waals surface area contributed by atoms with Crippen molar-refractivity contribution < 1.29 is 9.53 Å². The molecule has 148 valence electrons. The van der Waals surface area contributed by atoms with Gasteiger partial charge in [-0.3, -0.25) is 9.78 Å². The number of amides is 1. The second kappa shape index (κ2) is 10.3. The van der Waals surface area contributed by atoms with E-state index in [4.69, 9.17) is 4.74 Å². The van der Waals surface area contributed by atoms with Gasteiger partial charge >= 0.3 is 0 Å². The molecule has 0 saturated heterocycles. The molecule has 1 aliphatic rings. The van der Waals surface area contributed by atoms with Crippen LogP contribution in [0, 0.1) is 0 Å². The lowest BCUT2D eigenvalue weighted by Gasteiger charge is -2.11. The van der Waals surface area contributed by atoms with E-state index < -0.39 is 0 Å². The fraction of sp³-hybridized carbons (Fsp3) is 0.381. The van der Waals surface area contributed by atoms with Gasteiger partial charge in [0.05, 0.1) is 18.8 Å². The first kappa shape index (κ1) is 19.7. The highest BCUT2D eigenvalue weighted by Crippen LogP contribution is 2.18. The van der Waals surface area contributed by atoms with E-state index in [1.807, 2.05) is 49.4 Å². The second-order valence-electron chi connectivity index (χ2n) is 6.65. The number of carbonyl (C=O) groups is 1. The monoisotopic (exact) mass is 381 g/mol. The summed E-state index contributed by atoms with van der Waals surface area (Å²) in [6, 6.07) is 13.8. The molecule has 0 radical (unpaired) electrons. The van der Waals surface area contributed by atoms with Gasteiger partial charge in [-0.1, -0.05) is 18.2 Å². The smallest absolute Gasteiger partial charge is 0.258 e. The van der Waals surface area contributed by atoms with Gasteiger partial charge in [-0.25, -0.2) is 4.99 Å². The van der Waals surface area contributed by atoms with Crippen molar-refractivity contribution in [2.45, 2.75) is 38.9 Å². The first-order valence-corrected chi connectivity index (χ1v) is 9.66. The van der Waals surface area contributed by atoms with Crippen LogP contribution in [-0.4, -0.2) is 36.0 Å². The van der Waals surface area contributed by atoms with Crippen molar-refractivity contribution in [2.75, 3.05) is 13.2 Å². The molecule has 1 aromatic carbocycles. The molecule has 3 rings (SSSR count). The van der Waals surface area contributed by atoms with E-state index in [2.05, 4.69) is 25.9 Å². The molecule has 0 aliphatic heterocycles. The average Bonchev–Trinajstić information content (AvgIpc) is 3.53. The maximum Gasteiger partial charge on any atom is 0.258 e. The summed E-state index contributed by atoms with van der Waals surface area (Å²) in [5.41, 5.74) is 1.96. The Kier molecular flexibility index (Phi) is 7.23. The maximum atomic E-state index is 11.7. The number of nitrogens with one attached hydrogen (secondary N) is 3. The number of aliphatic imine (C=N–C) groups is 1. The van der Waals surface area contributed by atoms with Crippen LogP contribution in [-0.2, 0) is 17.9 Å². The molecule has 1 heterocycles. The topological polar surface area (TPSA) is 87.6 Å². The minimum absolute atomic E-state index is 0.0392. The molecule has 28 heavy (non-hydrogen) atoms. The van der Waals surface area contributed by atoms with Gasteiger partial charge in [-0.2, -0.15) is 0 Å². The molecule has 3 N–H and O–H groups in total. The molecule has 2 aromatic rings. The summed E-state index contributed by atoms with van der Waals surface area (Å²) in [6.45, 7) is 3.94. The van der Waals surface area contributed by atoms with Crippen LogP contribution in [0.2, 0.25) is 0 Å². The Balaban J connectivity index is 1.51. The third-order valence-electron chi connectivity index (χ3n) is 4.14. The van der Waals surface area contributed by atoms with Crippen molar-refractivity contribution in [1.29, 1.82) is 0 Å². The van der Waals surface area contributed by atoms with E-state index in [0.717, 1.165) is 36.6 Å². The third-order valence-corrected chi connectivity index (χ3v) is 4.14. The van der Waals surface area contributed by atoms with Crippen LogP contribution >= 0.6 is 0 Å². The molecule has 7 nitrogen and oxygen atoms in total. The Morgan fingerprint density at radius 1 is 1.21 bits per heavy atom. The molecule has 1 saturated carbocycles. The number of pyridine rings is 1. The van der Waals surface area contributed by atoms with Crippen LogP contribution in [0.25, 0.3) is 0 Å². The first-order chi connectivity index (χ1) is 13.7. The summed E-state index contributed by atoms with van der Waals surface area (Å²) in [6.07, 6.45) is 3.92. The van der Waals surface area contributed by atoms with E-state index in [-0.39, 0.29) is 12.5 Å². The summed E-state index contributed by atoms with van der Waals surface area (Å²) in [4.78, 5) is 20.7. The summed E-state index contributed by atoms with van der Waals surface area (Å²) in [5.74, 6) is 1.33. The normalized spacial score (nSPS) is 13.7. The van der Waals surface area contributed by atoms with Crippen molar-refractivity contribution in [1.82, 2.24) is 20.9 Å². The van der Waals surface area contributed by atoms with E-state index in [9.17, 15) is 4.79 Å². The van der Waals surface area contributed by atoms with Gasteiger partial charge in [-0.15, -0.1) is 0 Å². The molecule has 0 atom stereocenters. The highest BCUT2D eigenvalue weighted by Gasteiger charge is 2.23. The van der Waals surface area contributed by atoms with E-state index >= 15 is 0 Å². The van der Waals surface area contributed by atoms with E-state index in [1.165, 1.54) is 0 Å². The predicted octanol–water partition coefficient (Wildman–Crippen LogP) is 1.99. The number of carbonyl (C=O) groups excluding carboxylic acids is 1. The number of hydrogen-bond acceptors (Lipinski definition) is 4. The maximum absolute atomic E-state index is 11.7. The molecular formula is C21H27N5O2. The number of nitrogens with zero attached hydrogens (tertiary/aromatic N) is 2. The highest BCUT2D eigenvalue weighted by molar-refractivity contribution is 5.79. The summed E-state index contributed by atoms with van der Waals surface area (Å²) >= 11 is 0. The average molecular weight is 381 g/mol. The Morgan fingerprint density at radius 3 is 2.86 bits per heavy atom. The lowest BCUT2D eigenvalue weighted by Crippen LogP contribution is -2.37.